The van der Waals surface area contributed by atoms with E-state index in [1.165, 1.54) is 26.4 Å². The summed E-state index contributed by atoms with van der Waals surface area (Å²) < 4.78 is 9.95. The van der Waals surface area contributed by atoms with E-state index in [9.17, 15) is 10.0 Å². The monoisotopic (exact) mass is 284 g/mol. The Bertz CT molecular complexity index is 612. The average Bonchev–Trinajstić information content (AvgIpc) is 2.80. The van der Waals surface area contributed by atoms with Crippen molar-refractivity contribution in [1.29, 1.82) is 0 Å². The third-order valence-corrected chi connectivity index (χ3v) is 3.30. The summed E-state index contributed by atoms with van der Waals surface area (Å²) in [7, 11) is 2.68. The van der Waals surface area contributed by atoms with Gasteiger partial charge in [0.05, 0.1) is 24.6 Å². The van der Waals surface area contributed by atoms with E-state index in [1.54, 1.807) is 0 Å². The minimum atomic E-state index is -0.678. The number of fused-ring (bicyclic) bond motifs is 1. The molecule has 102 valence electrons. The van der Waals surface area contributed by atoms with Crippen molar-refractivity contribution < 1.29 is 19.5 Å². The first-order valence-corrected chi connectivity index (χ1v) is 5.87. The molecule has 0 radical (unpaired) electrons. The van der Waals surface area contributed by atoms with Gasteiger partial charge in [-0.2, -0.15) is 0 Å². The number of carbonyl (C=O) groups is 1. The van der Waals surface area contributed by atoms with Crippen LogP contribution < -0.4 is 15.3 Å². The summed E-state index contributed by atoms with van der Waals surface area (Å²) in [6.45, 7) is 0. The van der Waals surface area contributed by atoms with Gasteiger partial charge >= 0.3 is 6.09 Å². The Morgan fingerprint density at radius 1 is 1.53 bits per heavy atom. The fourth-order valence-corrected chi connectivity index (χ4v) is 2.44. The second kappa shape index (κ2) is 5.26. The van der Waals surface area contributed by atoms with Crippen LogP contribution in [0.2, 0.25) is 0 Å². The molecule has 0 spiro atoms. The van der Waals surface area contributed by atoms with E-state index in [4.69, 9.17) is 9.94 Å². The van der Waals surface area contributed by atoms with E-state index in [-0.39, 0.29) is 16.0 Å². The van der Waals surface area contributed by atoms with E-state index >= 15 is 0 Å². The van der Waals surface area contributed by atoms with Crippen molar-refractivity contribution >= 4 is 38.5 Å². The van der Waals surface area contributed by atoms with Gasteiger partial charge in [-0.3, -0.25) is 10.5 Å². The number of benzene rings is 1. The van der Waals surface area contributed by atoms with Gasteiger partial charge in [-0.15, -0.1) is 0 Å². The van der Waals surface area contributed by atoms with Gasteiger partial charge in [0, 0.05) is 0 Å². The molecule has 1 heterocycles. The molecule has 2 rings (SSSR count). The lowest BCUT2D eigenvalue weighted by Gasteiger charge is -2.22. The molecule has 0 atom stereocenters. The van der Waals surface area contributed by atoms with Gasteiger partial charge in [0.1, 0.15) is 11.3 Å². The summed E-state index contributed by atoms with van der Waals surface area (Å²) >= 11 is 1.02. The number of thiazole rings is 1. The molecule has 9 heteroatoms. The van der Waals surface area contributed by atoms with Crippen LogP contribution in [0.1, 0.15) is 0 Å². The van der Waals surface area contributed by atoms with Crippen LogP contribution in [0.3, 0.4) is 0 Å². The van der Waals surface area contributed by atoms with Gasteiger partial charge in [-0.05, 0) is 12.1 Å². The molecule has 0 aliphatic carbocycles. The molecule has 1 aromatic heterocycles. The summed E-state index contributed by atoms with van der Waals surface area (Å²) in [5.41, 5.74) is 0.387. The zero-order valence-electron chi connectivity index (χ0n) is 10.0. The Kier molecular flexibility index (Phi) is 3.69. The Morgan fingerprint density at radius 3 is 2.84 bits per heavy atom. The van der Waals surface area contributed by atoms with Crippen LogP contribution in [-0.4, -0.2) is 30.5 Å². The SMILES string of the molecule is COC(=O)Nc1nc2c(OC)ccc(N([O-])O)c2s1. The Hall–Kier alpha value is -2.10. The normalized spacial score (nSPS) is 10.3. The fourth-order valence-electron chi connectivity index (χ4n) is 1.48. The Balaban J connectivity index is 2.54. The highest BCUT2D eigenvalue weighted by Gasteiger charge is 2.15. The smallest absolute Gasteiger partial charge is 0.413 e. The summed E-state index contributed by atoms with van der Waals surface area (Å²) in [6.07, 6.45) is -0.678. The molecule has 0 saturated heterocycles. The summed E-state index contributed by atoms with van der Waals surface area (Å²) in [5, 5.41) is 22.4. The standard InChI is InChI=1S/C10H10N3O5S/c1-17-6-4-3-5(13(15)16)8-7(6)11-9(19-8)12-10(14)18-2/h3-4,15H,1-2H3,(H,11,12,14)/q-1. The number of hydrogen-bond acceptors (Lipinski definition) is 8. The predicted molar refractivity (Wildman–Crippen MR) is 69.8 cm³/mol. The first-order chi connectivity index (χ1) is 9.06. The van der Waals surface area contributed by atoms with Crippen LogP contribution in [0.15, 0.2) is 12.1 Å². The molecule has 1 amide bonds. The van der Waals surface area contributed by atoms with Gasteiger partial charge in [0.25, 0.3) is 0 Å². The van der Waals surface area contributed by atoms with E-state index in [0.29, 0.717) is 16.0 Å². The number of aromatic nitrogens is 1. The lowest BCUT2D eigenvalue weighted by molar-refractivity contribution is 0.187. The Morgan fingerprint density at radius 2 is 2.26 bits per heavy atom. The second-order valence-corrected chi connectivity index (χ2v) is 4.37. The third kappa shape index (κ3) is 2.52. The second-order valence-electron chi connectivity index (χ2n) is 3.37. The fraction of sp³-hybridized carbons (Fsp3) is 0.200. The predicted octanol–water partition coefficient (Wildman–Crippen LogP) is 2.18. The van der Waals surface area contributed by atoms with Gasteiger partial charge in [0.15, 0.2) is 5.13 Å². The van der Waals surface area contributed by atoms with Gasteiger partial charge < -0.3 is 19.9 Å². The van der Waals surface area contributed by atoms with Crippen LogP contribution >= 0.6 is 11.3 Å². The average molecular weight is 284 g/mol. The molecule has 1 aromatic carbocycles. The number of ether oxygens (including phenoxy) is 2. The van der Waals surface area contributed by atoms with Crippen LogP contribution in [0, 0.1) is 5.21 Å². The van der Waals surface area contributed by atoms with E-state index in [1.807, 2.05) is 0 Å². The number of carbonyl (C=O) groups excluding carboxylic acids is 1. The molecule has 0 unspecified atom stereocenters. The van der Waals surface area contributed by atoms with E-state index in [0.717, 1.165) is 11.3 Å². The van der Waals surface area contributed by atoms with Gasteiger partial charge in [-0.25, -0.2) is 9.78 Å². The maximum atomic E-state index is 11.1. The topological polar surface area (TPSA) is 107 Å². The quantitative estimate of drug-likeness (QED) is 0.831. The van der Waals surface area contributed by atoms with Crippen molar-refractivity contribution in [1.82, 2.24) is 4.98 Å². The number of hydrogen-bond donors (Lipinski definition) is 2. The van der Waals surface area contributed by atoms with Crippen molar-refractivity contribution in [3.63, 3.8) is 0 Å². The molecular weight excluding hydrogens is 274 g/mol. The highest BCUT2D eigenvalue weighted by molar-refractivity contribution is 7.23. The van der Waals surface area contributed by atoms with Crippen molar-refractivity contribution in [2.24, 2.45) is 0 Å². The number of amides is 1. The van der Waals surface area contributed by atoms with Crippen molar-refractivity contribution in [2.45, 2.75) is 0 Å². The summed E-state index contributed by atoms with van der Waals surface area (Å²) in [5.74, 6) is 0.426. The maximum Gasteiger partial charge on any atom is 0.413 e. The molecule has 0 fully saturated rings. The molecule has 2 N–H and O–H groups in total. The van der Waals surface area contributed by atoms with Crippen LogP contribution in [0.25, 0.3) is 10.2 Å². The first kappa shape index (κ1) is 13.3. The summed E-state index contributed by atoms with van der Waals surface area (Å²) in [6, 6.07) is 2.90. The van der Waals surface area contributed by atoms with Gasteiger partial charge in [-0.1, -0.05) is 11.3 Å². The number of nitrogens with one attached hydrogen (secondary N) is 1. The minimum Gasteiger partial charge on any atom is -0.733 e. The number of anilines is 2. The van der Waals surface area contributed by atoms with Crippen LogP contribution in [-0.2, 0) is 4.74 Å². The molecule has 8 nitrogen and oxygen atoms in total. The van der Waals surface area contributed by atoms with Crippen molar-refractivity contribution in [3.05, 3.63) is 17.3 Å². The zero-order valence-corrected chi connectivity index (χ0v) is 10.9. The highest BCUT2D eigenvalue weighted by atomic mass is 32.1. The molecule has 0 saturated carbocycles. The van der Waals surface area contributed by atoms with E-state index < -0.39 is 6.09 Å². The molecule has 0 aliphatic rings. The molecule has 19 heavy (non-hydrogen) atoms. The molecule has 0 bridgehead atoms. The number of nitrogens with zero attached hydrogens (tertiary/aromatic N) is 2. The Labute approximate surface area is 111 Å². The largest absolute Gasteiger partial charge is 0.733 e. The van der Waals surface area contributed by atoms with Crippen molar-refractivity contribution in [3.8, 4) is 5.75 Å². The minimum absolute atomic E-state index is 0.0196. The molecular formula is C10H10N3O5S-. The third-order valence-electron chi connectivity index (χ3n) is 2.31. The molecule has 2 aromatic rings. The van der Waals surface area contributed by atoms with Crippen LogP contribution in [0.4, 0.5) is 15.6 Å². The number of methoxy groups -OCH3 is 2. The number of rotatable bonds is 3. The first-order valence-electron chi connectivity index (χ1n) is 5.05. The molecule has 0 aliphatic heterocycles. The van der Waals surface area contributed by atoms with Crippen molar-refractivity contribution in [2.75, 3.05) is 24.8 Å². The van der Waals surface area contributed by atoms with Crippen LogP contribution in [0.5, 0.6) is 5.75 Å². The van der Waals surface area contributed by atoms with E-state index in [2.05, 4.69) is 15.0 Å². The lowest BCUT2D eigenvalue weighted by Crippen LogP contribution is -2.10. The zero-order chi connectivity index (χ0) is 14.0. The summed E-state index contributed by atoms with van der Waals surface area (Å²) in [4.78, 5) is 15.2. The highest BCUT2D eigenvalue weighted by Crippen LogP contribution is 2.38. The van der Waals surface area contributed by atoms with Gasteiger partial charge in [0.2, 0.25) is 0 Å². The lowest BCUT2D eigenvalue weighted by atomic mass is 10.3. The maximum absolute atomic E-state index is 11.1.